The number of carbonyl (C=O) groups is 3. The van der Waals surface area contributed by atoms with Gasteiger partial charge in [0.15, 0.2) is 0 Å². The number of ether oxygens (including phenoxy) is 1. The van der Waals surface area contributed by atoms with Gasteiger partial charge < -0.3 is 20.1 Å². The molecule has 7 heteroatoms. The lowest BCUT2D eigenvalue weighted by Gasteiger charge is -2.33. The number of carboxylic acid groups (broad SMARTS) is 1. The van der Waals surface area contributed by atoms with E-state index < -0.39 is 17.6 Å². The molecule has 0 bridgehead atoms. The van der Waals surface area contributed by atoms with Crippen LogP contribution in [0.15, 0.2) is 48.5 Å². The Morgan fingerprint density at radius 1 is 1.00 bits per heavy atom. The van der Waals surface area contributed by atoms with Crippen molar-refractivity contribution in [2.45, 2.75) is 56.4 Å². The first-order valence-electron chi connectivity index (χ1n) is 12.0. The van der Waals surface area contributed by atoms with Crippen molar-refractivity contribution in [2.24, 2.45) is 0 Å². The molecular weight excluding hydrogens is 432 g/mol. The minimum absolute atomic E-state index is 0.0368. The molecule has 0 heterocycles. The van der Waals surface area contributed by atoms with Crippen LogP contribution >= 0.6 is 0 Å². The first kappa shape index (κ1) is 23.8. The van der Waals surface area contributed by atoms with Crippen LogP contribution < -0.4 is 5.32 Å². The quantitative estimate of drug-likeness (QED) is 0.531. The summed E-state index contributed by atoms with van der Waals surface area (Å²) in [6.07, 6.45) is 3.52. The van der Waals surface area contributed by atoms with Crippen LogP contribution in [-0.2, 0) is 14.3 Å². The average molecular weight is 465 g/mol. The smallest absolute Gasteiger partial charge is 0.408 e. The van der Waals surface area contributed by atoms with Gasteiger partial charge in [-0.3, -0.25) is 9.59 Å². The lowest BCUT2D eigenvalue weighted by atomic mass is 9.95. The third-order valence-electron chi connectivity index (χ3n) is 7.03. The van der Waals surface area contributed by atoms with Crippen LogP contribution in [-0.4, -0.2) is 53.7 Å². The number of aliphatic carboxylic acids is 1. The molecule has 0 spiro atoms. The molecule has 180 valence electrons. The van der Waals surface area contributed by atoms with Gasteiger partial charge in [-0.05, 0) is 47.9 Å². The molecule has 0 atom stereocenters. The highest BCUT2D eigenvalue weighted by Gasteiger charge is 2.44. The zero-order valence-electron chi connectivity index (χ0n) is 19.6. The second kappa shape index (κ2) is 10.3. The predicted molar refractivity (Wildman–Crippen MR) is 129 cm³/mol. The van der Waals surface area contributed by atoms with Crippen LogP contribution in [0.3, 0.4) is 0 Å². The van der Waals surface area contributed by atoms with Gasteiger partial charge in [-0.1, -0.05) is 61.4 Å². The molecule has 0 radical (unpaired) electrons. The fourth-order valence-electron chi connectivity index (χ4n) is 5.29. The fourth-order valence-corrected chi connectivity index (χ4v) is 5.29. The normalized spacial score (nSPS) is 15.9. The number of rotatable bonds is 9. The van der Waals surface area contributed by atoms with E-state index in [9.17, 15) is 14.4 Å². The van der Waals surface area contributed by atoms with E-state index in [4.69, 9.17) is 9.84 Å². The van der Waals surface area contributed by atoms with Crippen molar-refractivity contribution in [1.82, 2.24) is 10.2 Å². The molecule has 0 unspecified atom stereocenters. The molecule has 1 fully saturated rings. The molecule has 34 heavy (non-hydrogen) atoms. The molecule has 2 aromatic rings. The zero-order valence-corrected chi connectivity index (χ0v) is 19.6. The molecule has 0 saturated heterocycles. The maximum Gasteiger partial charge on any atom is 0.408 e. The van der Waals surface area contributed by atoms with Gasteiger partial charge in [0.05, 0.1) is 0 Å². The Labute approximate surface area is 200 Å². The molecule has 0 aromatic heterocycles. The first-order chi connectivity index (χ1) is 16.4. The second-order valence-electron chi connectivity index (χ2n) is 9.32. The Morgan fingerprint density at radius 3 is 2.18 bits per heavy atom. The molecule has 1 saturated carbocycles. The number of fused-ring (bicyclic) bond motifs is 3. The van der Waals surface area contributed by atoms with Crippen molar-refractivity contribution in [3.8, 4) is 11.1 Å². The van der Waals surface area contributed by atoms with Gasteiger partial charge in [-0.2, -0.15) is 0 Å². The van der Waals surface area contributed by atoms with Crippen LogP contribution in [0.2, 0.25) is 0 Å². The number of carbonyl (C=O) groups excluding carboxylic acids is 2. The Bertz CT molecular complexity index is 1010. The van der Waals surface area contributed by atoms with Crippen molar-refractivity contribution in [2.75, 3.05) is 20.2 Å². The number of hydrogen-bond acceptors (Lipinski definition) is 4. The largest absolute Gasteiger partial charge is 0.481 e. The minimum Gasteiger partial charge on any atom is -0.481 e. The summed E-state index contributed by atoms with van der Waals surface area (Å²) in [6.45, 7) is 0.662. The predicted octanol–water partition coefficient (Wildman–Crippen LogP) is 4.55. The molecule has 2 aromatic carbocycles. The van der Waals surface area contributed by atoms with Crippen LogP contribution in [0.1, 0.15) is 62.0 Å². The highest BCUT2D eigenvalue weighted by molar-refractivity contribution is 5.90. The van der Waals surface area contributed by atoms with Crippen LogP contribution in [0.4, 0.5) is 4.79 Å². The zero-order chi connectivity index (χ0) is 24.1. The summed E-state index contributed by atoms with van der Waals surface area (Å²) in [5.41, 5.74) is 3.66. The standard InChI is InChI=1S/C27H32N2O5/c1-29(17-9-6-14-24(30)31)25(32)27(15-7-8-16-27)28-26(33)34-18-23-21-12-4-2-10-19(21)20-11-3-5-13-22(20)23/h2-5,10-13,23H,6-9,14-18H2,1H3,(H,28,33)(H,30,31). The molecule has 2 amide bonds. The van der Waals surface area contributed by atoms with E-state index >= 15 is 0 Å². The SMILES string of the molecule is CN(CCCCC(=O)O)C(=O)C1(NC(=O)OCC2c3ccccc3-c3ccccc32)CCCC1. The number of unbranched alkanes of at least 4 members (excludes halogenated alkanes) is 1. The number of hydrogen-bond donors (Lipinski definition) is 2. The van der Waals surface area contributed by atoms with Crippen LogP contribution in [0.5, 0.6) is 0 Å². The Kier molecular flexibility index (Phi) is 7.20. The second-order valence-corrected chi connectivity index (χ2v) is 9.32. The van der Waals surface area contributed by atoms with E-state index in [0.717, 1.165) is 24.0 Å². The van der Waals surface area contributed by atoms with Crippen molar-refractivity contribution in [1.29, 1.82) is 0 Å². The van der Waals surface area contributed by atoms with E-state index in [0.29, 0.717) is 32.2 Å². The molecule has 2 aliphatic carbocycles. The maximum atomic E-state index is 13.3. The summed E-state index contributed by atoms with van der Waals surface area (Å²) in [5.74, 6) is -1.00. The monoisotopic (exact) mass is 464 g/mol. The molecule has 0 aliphatic heterocycles. The Morgan fingerprint density at radius 2 is 1.59 bits per heavy atom. The van der Waals surface area contributed by atoms with E-state index in [-0.39, 0.29) is 24.9 Å². The van der Waals surface area contributed by atoms with Crippen molar-refractivity contribution in [3.05, 3.63) is 59.7 Å². The van der Waals surface area contributed by atoms with E-state index in [1.54, 1.807) is 11.9 Å². The lowest BCUT2D eigenvalue weighted by molar-refractivity contribution is -0.137. The third-order valence-corrected chi connectivity index (χ3v) is 7.03. The number of amides is 2. The van der Waals surface area contributed by atoms with E-state index in [1.807, 2.05) is 24.3 Å². The number of nitrogens with one attached hydrogen (secondary N) is 1. The molecular formula is C27H32N2O5. The van der Waals surface area contributed by atoms with Gasteiger partial charge in [0.25, 0.3) is 0 Å². The molecule has 7 nitrogen and oxygen atoms in total. The third kappa shape index (κ3) is 4.93. The number of benzene rings is 2. The highest BCUT2D eigenvalue weighted by atomic mass is 16.5. The molecule has 4 rings (SSSR count). The van der Waals surface area contributed by atoms with Crippen LogP contribution in [0.25, 0.3) is 11.1 Å². The Balaban J connectivity index is 1.38. The van der Waals surface area contributed by atoms with Gasteiger partial charge in [0.2, 0.25) is 5.91 Å². The van der Waals surface area contributed by atoms with E-state index in [1.165, 1.54) is 11.1 Å². The van der Waals surface area contributed by atoms with Gasteiger partial charge in [-0.25, -0.2) is 4.79 Å². The topological polar surface area (TPSA) is 95.9 Å². The fraction of sp³-hybridized carbons (Fsp3) is 0.444. The summed E-state index contributed by atoms with van der Waals surface area (Å²) >= 11 is 0. The summed E-state index contributed by atoms with van der Waals surface area (Å²) in [7, 11) is 1.71. The summed E-state index contributed by atoms with van der Waals surface area (Å²) < 4.78 is 5.70. The van der Waals surface area contributed by atoms with Gasteiger partial charge >= 0.3 is 12.1 Å². The van der Waals surface area contributed by atoms with Crippen molar-refractivity contribution in [3.63, 3.8) is 0 Å². The van der Waals surface area contributed by atoms with Crippen molar-refractivity contribution < 1.29 is 24.2 Å². The van der Waals surface area contributed by atoms with Gasteiger partial charge in [-0.15, -0.1) is 0 Å². The summed E-state index contributed by atoms with van der Waals surface area (Å²) in [6, 6.07) is 16.3. The maximum absolute atomic E-state index is 13.3. The first-order valence-corrected chi connectivity index (χ1v) is 12.0. The molecule has 2 N–H and O–H groups in total. The summed E-state index contributed by atoms with van der Waals surface area (Å²) in [5, 5.41) is 11.7. The number of likely N-dealkylation sites (N-methyl/N-ethyl adjacent to an activating group) is 1. The molecule has 2 aliphatic rings. The average Bonchev–Trinajstić information content (AvgIpc) is 3.43. The minimum atomic E-state index is -0.954. The number of carboxylic acids is 1. The highest BCUT2D eigenvalue weighted by Crippen LogP contribution is 2.44. The van der Waals surface area contributed by atoms with Crippen molar-refractivity contribution >= 4 is 18.0 Å². The number of nitrogens with zero attached hydrogens (tertiary/aromatic N) is 1. The number of alkyl carbamates (subject to hydrolysis) is 1. The van der Waals surface area contributed by atoms with Gasteiger partial charge in [0, 0.05) is 25.9 Å². The van der Waals surface area contributed by atoms with E-state index in [2.05, 4.69) is 29.6 Å². The van der Waals surface area contributed by atoms with Crippen LogP contribution in [0, 0.1) is 0 Å². The summed E-state index contributed by atoms with van der Waals surface area (Å²) in [4.78, 5) is 38.5. The Hall–Kier alpha value is -3.35. The lowest BCUT2D eigenvalue weighted by Crippen LogP contribution is -2.57. The van der Waals surface area contributed by atoms with Gasteiger partial charge in [0.1, 0.15) is 12.1 Å².